The Bertz CT molecular complexity index is 1110. The third-order valence-electron chi connectivity index (χ3n) is 3.81. The SMILES string of the molecule is Cc1cc(Br)ccc1S(=O)(=O)Nc1ccc2c(c1)sc(=O)n2C(C)C. The van der Waals surface area contributed by atoms with Crippen LogP contribution >= 0.6 is 27.3 Å². The zero-order chi connectivity index (χ0) is 18.4. The summed E-state index contributed by atoms with van der Waals surface area (Å²) in [6.45, 7) is 5.64. The van der Waals surface area contributed by atoms with Crippen LogP contribution in [0.5, 0.6) is 0 Å². The Morgan fingerprint density at radius 1 is 1.16 bits per heavy atom. The predicted molar refractivity (Wildman–Crippen MR) is 106 cm³/mol. The summed E-state index contributed by atoms with van der Waals surface area (Å²) in [6, 6.07) is 10.2. The molecule has 132 valence electrons. The largest absolute Gasteiger partial charge is 0.308 e. The zero-order valence-corrected chi connectivity index (χ0v) is 17.1. The van der Waals surface area contributed by atoms with Crippen molar-refractivity contribution < 1.29 is 8.42 Å². The molecule has 0 amide bonds. The molecule has 0 unspecified atom stereocenters. The summed E-state index contributed by atoms with van der Waals surface area (Å²) in [6.07, 6.45) is 0. The first-order valence-corrected chi connectivity index (χ1v) is 10.7. The number of sulfonamides is 1. The van der Waals surface area contributed by atoms with E-state index in [1.54, 1.807) is 47.9 Å². The number of hydrogen-bond acceptors (Lipinski definition) is 4. The summed E-state index contributed by atoms with van der Waals surface area (Å²) in [4.78, 5) is 12.3. The van der Waals surface area contributed by atoms with Gasteiger partial charge in [0.25, 0.3) is 10.0 Å². The lowest BCUT2D eigenvalue weighted by atomic mass is 10.2. The monoisotopic (exact) mass is 440 g/mol. The Morgan fingerprint density at radius 2 is 1.88 bits per heavy atom. The Kier molecular flexibility index (Phi) is 4.78. The molecule has 0 aliphatic heterocycles. The minimum atomic E-state index is -3.70. The van der Waals surface area contributed by atoms with Crippen molar-refractivity contribution in [3.05, 3.63) is 56.1 Å². The standard InChI is InChI=1S/C17H17BrN2O3S2/c1-10(2)20-14-6-5-13(9-15(14)24-17(20)21)19-25(22,23)16-7-4-12(18)8-11(16)3/h4-10,19H,1-3H3. The first-order valence-electron chi connectivity index (χ1n) is 7.63. The summed E-state index contributed by atoms with van der Waals surface area (Å²) in [5.74, 6) is 0. The summed E-state index contributed by atoms with van der Waals surface area (Å²) in [5, 5.41) is 0. The van der Waals surface area contributed by atoms with Crippen molar-refractivity contribution in [3.8, 4) is 0 Å². The molecule has 8 heteroatoms. The van der Waals surface area contributed by atoms with Crippen molar-refractivity contribution in [2.45, 2.75) is 31.7 Å². The minimum absolute atomic E-state index is 0.0474. The van der Waals surface area contributed by atoms with Crippen LogP contribution in [0, 0.1) is 6.92 Å². The number of fused-ring (bicyclic) bond motifs is 1. The highest BCUT2D eigenvalue weighted by atomic mass is 79.9. The molecule has 2 aromatic carbocycles. The lowest BCUT2D eigenvalue weighted by molar-refractivity contribution is 0.600. The fourth-order valence-corrected chi connectivity index (χ4v) is 5.52. The molecular weight excluding hydrogens is 424 g/mol. The van der Waals surface area contributed by atoms with Crippen LogP contribution in [-0.2, 0) is 10.0 Å². The van der Waals surface area contributed by atoms with E-state index >= 15 is 0 Å². The number of aryl methyl sites for hydroxylation is 1. The van der Waals surface area contributed by atoms with Gasteiger partial charge in [-0.3, -0.25) is 14.1 Å². The summed E-state index contributed by atoms with van der Waals surface area (Å²) < 4.78 is 31.2. The van der Waals surface area contributed by atoms with Gasteiger partial charge in [-0.2, -0.15) is 0 Å². The van der Waals surface area contributed by atoms with Crippen LogP contribution in [0.2, 0.25) is 0 Å². The maximum absolute atomic E-state index is 12.7. The molecule has 0 aliphatic carbocycles. The molecule has 0 fully saturated rings. The van der Waals surface area contributed by atoms with Crippen LogP contribution in [0.3, 0.4) is 0 Å². The normalized spacial score (nSPS) is 12.0. The van der Waals surface area contributed by atoms with Crippen LogP contribution in [0.25, 0.3) is 10.2 Å². The van der Waals surface area contributed by atoms with E-state index in [4.69, 9.17) is 0 Å². The Balaban J connectivity index is 2.01. The van der Waals surface area contributed by atoms with Crippen molar-refractivity contribution >= 4 is 53.2 Å². The molecule has 0 saturated heterocycles. The number of halogens is 1. The maximum atomic E-state index is 12.7. The third-order valence-corrected chi connectivity index (χ3v) is 6.76. The van der Waals surface area contributed by atoms with Gasteiger partial charge in [-0.1, -0.05) is 27.3 Å². The highest BCUT2D eigenvalue weighted by Crippen LogP contribution is 2.27. The quantitative estimate of drug-likeness (QED) is 0.648. The van der Waals surface area contributed by atoms with Crippen LogP contribution in [-0.4, -0.2) is 13.0 Å². The van der Waals surface area contributed by atoms with E-state index in [2.05, 4.69) is 20.7 Å². The van der Waals surface area contributed by atoms with E-state index in [-0.39, 0.29) is 15.8 Å². The summed E-state index contributed by atoms with van der Waals surface area (Å²) >= 11 is 4.45. The van der Waals surface area contributed by atoms with Crippen LogP contribution in [0.15, 0.2) is 50.6 Å². The number of rotatable bonds is 4. The number of nitrogens with one attached hydrogen (secondary N) is 1. The minimum Gasteiger partial charge on any atom is -0.296 e. The maximum Gasteiger partial charge on any atom is 0.308 e. The molecule has 3 aromatic rings. The highest BCUT2D eigenvalue weighted by Gasteiger charge is 2.18. The first kappa shape index (κ1) is 18.2. The number of nitrogens with zero attached hydrogens (tertiary/aromatic N) is 1. The van der Waals surface area contributed by atoms with Gasteiger partial charge in [0.1, 0.15) is 0 Å². The van der Waals surface area contributed by atoms with E-state index in [0.29, 0.717) is 11.3 Å². The lowest BCUT2D eigenvalue weighted by Crippen LogP contribution is -2.15. The molecule has 25 heavy (non-hydrogen) atoms. The smallest absolute Gasteiger partial charge is 0.296 e. The number of thiazole rings is 1. The molecule has 5 nitrogen and oxygen atoms in total. The third kappa shape index (κ3) is 3.51. The van der Waals surface area contributed by atoms with Crippen molar-refractivity contribution in [1.29, 1.82) is 0 Å². The zero-order valence-electron chi connectivity index (χ0n) is 13.9. The van der Waals surface area contributed by atoms with Crippen molar-refractivity contribution in [3.63, 3.8) is 0 Å². The number of aromatic nitrogens is 1. The topological polar surface area (TPSA) is 68.2 Å². The average Bonchev–Trinajstić information content (AvgIpc) is 2.81. The fourth-order valence-electron chi connectivity index (χ4n) is 2.71. The van der Waals surface area contributed by atoms with Gasteiger partial charge in [0.2, 0.25) is 0 Å². The van der Waals surface area contributed by atoms with E-state index < -0.39 is 10.0 Å². The van der Waals surface area contributed by atoms with Gasteiger partial charge in [0.15, 0.2) is 0 Å². The summed E-state index contributed by atoms with van der Waals surface area (Å²) in [7, 11) is -3.70. The van der Waals surface area contributed by atoms with E-state index in [1.165, 1.54) is 0 Å². The molecule has 0 bridgehead atoms. The van der Waals surface area contributed by atoms with Gasteiger partial charge in [-0.25, -0.2) is 8.42 Å². The molecule has 1 N–H and O–H groups in total. The molecular formula is C17H17BrN2O3S2. The van der Waals surface area contributed by atoms with Crippen LogP contribution < -0.4 is 9.60 Å². The van der Waals surface area contributed by atoms with Gasteiger partial charge in [-0.15, -0.1) is 0 Å². The molecule has 0 spiro atoms. The summed E-state index contributed by atoms with van der Waals surface area (Å²) in [5.41, 5.74) is 1.90. The van der Waals surface area contributed by atoms with Gasteiger partial charge < -0.3 is 0 Å². The highest BCUT2D eigenvalue weighted by molar-refractivity contribution is 9.10. The molecule has 0 saturated carbocycles. The number of anilines is 1. The second kappa shape index (κ2) is 6.59. The molecule has 1 heterocycles. The molecule has 0 radical (unpaired) electrons. The van der Waals surface area contributed by atoms with E-state index in [1.807, 2.05) is 13.8 Å². The van der Waals surface area contributed by atoms with Gasteiger partial charge in [-0.05, 0) is 62.7 Å². The molecule has 0 aliphatic rings. The first-order chi connectivity index (χ1) is 11.7. The average molecular weight is 441 g/mol. The lowest BCUT2D eigenvalue weighted by Gasteiger charge is -2.11. The molecule has 1 aromatic heterocycles. The Labute approximate surface area is 158 Å². The second-order valence-corrected chi connectivity index (χ2v) is 9.59. The van der Waals surface area contributed by atoms with Gasteiger partial charge in [0.05, 0.1) is 20.8 Å². The van der Waals surface area contributed by atoms with E-state index in [9.17, 15) is 13.2 Å². The van der Waals surface area contributed by atoms with Crippen molar-refractivity contribution in [2.75, 3.05) is 4.72 Å². The van der Waals surface area contributed by atoms with Crippen molar-refractivity contribution in [1.82, 2.24) is 4.57 Å². The van der Waals surface area contributed by atoms with Crippen LogP contribution in [0.4, 0.5) is 5.69 Å². The second-order valence-electron chi connectivity index (χ2n) is 6.03. The molecule has 0 atom stereocenters. The van der Waals surface area contributed by atoms with Gasteiger partial charge in [0, 0.05) is 10.5 Å². The number of benzene rings is 2. The Morgan fingerprint density at radius 3 is 2.52 bits per heavy atom. The van der Waals surface area contributed by atoms with E-state index in [0.717, 1.165) is 26.0 Å². The van der Waals surface area contributed by atoms with Crippen molar-refractivity contribution in [2.24, 2.45) is 0 Å². The fraction of sp³-hybridized carbons (Fsp3) is 0.235. The molecule has 3 rings (SSSR count). The number of hydrogen-bond donors (Lipinski definition) is 1. The van der Waals surface area contributed by atoms with Gasteiger partial charge >= 0.3 is 4.87 Å². The Hall–Kier alpha value is -1.64. The predicted octanol–water partition coefficient (Wildman–Crippen LogP) is 4.52. The van der Waals surface area contributed by atoms with Crippen LogP contribution in [0.1, 0.15) is 25.5 Å².